The maximum absolute atomic E-state index is 12.8. The maximum atomic E-state index is 12.8. The molecule has 2 aromatic carbocycles. The molecule has 1 amide bonds. The Balaban J connectivity index is 1.50. The third kappa shape index (κ3) is 2.88. The summed E-state index contributed by atoms with van der Waals surface area (Å²) in [5.41, 5.74) is 4.98. The fourth-order valence-electron chi connectivity index (χ4n) is 2.87. The zero-order valence-electron chi connectivity index (χ0n) is 14.2. The number of benzene rings is 2. The van der Waals surface area contributed by atoms with Crippen LogP contribution in [0.3, 0.4) is 0 Å². The summed E-state index contributed by atoms with van der Waals surface area (Å²) < 4.78 is 3.75. The van der Waals surface area contributed by atoms with Crippen molar-refractivity contribution in [1.29, 1.82) is 0 Å². The Morgan fingerprint density at radius 2 is 1.96 bits per heavy atom. The van der Waals surface area contributed by atoms with Crippen LogP contribution in [0, 0.1) is 6.92 Å². The molecule has 6 nitrogen and oxygen atoms in total. The van der Waals surface area contributed by atoms with E-state index in [1.807, 2.05) is 49.4 Å². The number of aryl methyl sites for hydroxylation is 1. The van der Waals surface area contributed by atoms with Crippen molar-refractivity contribution in [2.75, 3.05) is 5.32 Å². The van der Waals surface area contributed by atoms with Crippen molar-refractivity contribution in [3.05, 3.63) is 65.3 Å². The number of hydrogen-bond donors (Lipinski definition) is 1. The monoisotopic (exact) mass is 391 g/mol. The van der Waals surface area contributed by atoms with Crippen molar-refractivity contribution in [3.8, 4) is 5.13 Å². The molecule has 8 heteroatoms. The standard InChI is InChI=1S/C19H13N5OS2/c1-11-8-17(22-18(25)12-6-7-13-16(9-12)26-10-20-13)24(23-11)19-21-14-4-2-3-5-15(14)27-19/h2-10H,1H3,(H,22,25). The maximum Gasteiger partial charge on any atom is 0.256 e. The van der Waals surface area contributed by atoms with Gasteiger partial charge in [-0.1, -0.05) is 23.5 Å². The van der Waals surface area contributed by atoms with E-state index in [1.54, 1.807) is 16.3 Å². The molecule has 0 saturated heterocycles. The lowest BCUT2D eigenvalue weighted by Gasteiger charge is -2.06. The molecule has 27 heavy (non-hydrogen) atoms. The van der Waals surface area contributed by atoms with Crippen molar-refractivity contribution < 1.29 is 4.79 Å². The van der Waals surface area contributed by atoms with Crippen molar-refractivity contribution >= 4 is 54.8 Å². The van der Waals surface area contributed by atoms with E-state index in [2.05, 4.69) is 20.4 Å². The number of aromatic nitrogens is 4. The van der Waals surface area contributed by atoms with Gasteiger partial charge in [0.25, 0.3) is 5.91 Å². The first-order valence-corrected chi connectivity index (χ1v) is 9.94. The molecular formula is C19H13N5OS2. The van der Waals surface area contributed by atoms with Crippen LogP contribution in [-0.2, 0) is 0 Å². The minimum atomic E-state index is -0.187. The third-order valence-corrected chi connectivity index (χ3v) is 5.93. The third-order valence-electron chi connectivity index (χ3n) is 4.13. The zero-order valence-corrected chi connectivity index (χ0v) is 15.8. The van der Waals surface area contributed by atoms with Crippen molar-refractivity contribution in [3.63, 3.8) is 0 Å². The number of anilines is 1. The van der Waals surface area contributed by atoms with E-state index in [4.69, 9.17) is 0 Å². The molecule has 0 aliphatic rings. The number of para-hydroxylation sites is 1. The summed E-state index contributed by atoms with van der Waals surface area (Å²) in [5, 5.41) is 8.19. The second kappa shape index (κ2) is 6.26. The summed E-state index contributed by atoms with van der Waals surface area (Å²) in [6.07, 6.45) is 0. The van der Waals surface area contributed by atoms with Crippen LogP contribution in [0.4, 0.5) is 5.82 Å². The van der Waals surface area contributed by atoms with Gasteiger partial charge in [0.2, 0.25) is 5.13 Å². The number of nitrogens with zero attached hydrogens (tertiary/aromatic N) is 4. The van der Waals surface area contributed by atoms with Gasteiger partial charge in [0, 0.05) is 11.6 Å². The quantitative estimate of drug-likeness (QED) is 0.486. The Kier molecular flexibility index (Phi) is 3.73. The Labute approximate surface area is 162 Å². The minimum absolute atomic E-state index is 0.187. The smallest absolute Gasteiger partial charge is 0.256 e. The molecular weight excluding hydrogens is 378 g/mol. The van der Waals surface area contributed by atoms with Gasteiger partial charge in [-0.2, -0.15) is 9.78 Å². The number of nitrogens with one attached hydrogen (secondary N) is 1. The number of thiazole rings is 2. The lowest BCUT2D eigenvalue weighted by molar-refractivity contribution is 0.102. The van der Waals surface area contributed by atoms with E-state index >= 15 is 0 Å². The first-order chi connectivity index (χ1) is 13.2. The van der Waals surface area contributed by atoms with Crippen LogP contribution < -0.4 is 5.32 Å². The summed E-state index contributed by atoms with van der Waals surface area (Å²) in [7, 11) is 0. The van der Waals surface area contributed by atoms with Crippen LogP contribution in [0.15, 0.2) is 54.0 Å². The summed E-state index contributed by atoms with van der Waals surface area (Å²) >= 11 is 3.05. The molecule has 3 heterocycles. The minimum Gasteiger partial charge on any atom is -0.306 e. The zero-order chi connectivity index (χ0) is 18.4. The number of carbonyl (C=O) groups is 1. The van der Waals surface area contributed by atoms with Gasteiger partial charge in [0.1, 0.15) is 5.82 Å². The van der Waals surface area contributed by atoms with E-state index in [1.165, 1.54) is 22.7 Å². The fourth-order valence-corrected chi connectivity index (χ4v) is 4.52. The van der Waals surface area contributed by atoms with Crippen LogP contribution in [0.5, 0.6) is 0 Å². The molecule has 0 radical (unpaired) electrons. The van der Waals surface area contributed by atoms with Crippen LogP contribution in [0.25, 0.3) is 25.6 Å². The highest BCUT2D eigenvalue weighted by Gasteiger charge is 2.16. The van der Waals surface area contributed by atoms with Crippen LogP contribution in [0.2, 0.25) is 0 Å². The predicted molar refractivity (Wildman–Crippen MR) is 109 cm³/mol. The van der Waals surface area contributed by atoms with E-state index in [-0.39, 0.29) is 5.91 Å². The topological polar surface area (TPSA) is 72.7 Å². The van der Waals surface area contributed by atoms with Crippen LogP contribution in [-0.4, -0.2) is 25.7 Å². The predicted octanol–water partition coefficient (Wildman–Crippen LogP) is 4.65. The normalized spacial score (nSPS) is 11.3. The van der Waals surface area contributed by atoms with Gasteiger partial charge in [-0.05, 0) is 37.3 Å². The highest BCUT2D eigenvalue weighted by Crippen LogP contribution is 2.27. The first kappa shape index (κ1) is 16.1. The van der Waals surface area contributed by atoms with Gasteiger partial charge in [0.15, 0.2) is 0 Å². The average Bonchev–Trinajstić information content (AvgIpc) is 3.38. The Bertz CT molecular complexity index is 1270. The van der Waals surface area contributed by atoms with E-state index in [9.17, 15) is 4.79 Å². The molecule has 0 bridgehead atoms. The second-order valence-corrected chi connectivity index (χ2v) is 7.93. The molecule has 1 N–H and O–H groups in total. The number of fused-ring (bicyclic) bond motifs is 2. The molecule has 0 fully saturated rings. The number of hydrogen-bond acceptors (Lipinski definition) is 6. The summed E-state index contributed by atoms with van der Waals surface area (Å²) in [4.78, 5) is 21.6. The first-order valence-electron chi connectivity index (χ1n) is 8.24. The number of rotatable bonds is 3. The number of amides is 1. The van der Waals surface area contributed by atoms with Gasteiger partial charge in [0.05, 0.1) is 31.6 Å². The molecule has 0 unspecified atom stereocenters. The van der Waals surface area contributed by atoms with E-state index < -0.39 is 0 Å². The van der Waals surface area contributed by atoms with Crippen LogP contribution in [0.1, 0.15) is 16.1 Å². The molecule has 0 aliphatic heterocycles. The summed E-state index contributed by atoms with van der Waals surface area (Å²) in [6.45, 7) is 1.89. The van der Waals surface area contributed by atoms with E-state index in [0.717, 1.165) is 31.3 Å². The highest BCUT2D eigenvalue weighted by atomic mass is 32.1. The summed E-state index contributed by atoms with van der Waals surface area (Å²) in [5.74, 6) is 0.411. The van der Waals surface area contributed by atoms with Crippen molar-refractivity contribution in [2.45, 2.75) is 6.92 Å². The van der Waals surface area contributed by atoms with Crippen molar-refractivity contribution in [1.82, 2.24) is 19.7 Å². The molecule has 132 valence electrons. The lowest BCUT2D eigenvalue weighted by Crippen LogP contribution is -2.15. The van der Waals surface area contributed by atoms with Gasteiger partial charge >= 0.3 is 0 Å². The highest BCUT2D eigenvalue weighted by molar-refractivity contribution is 7.20. The van der Waals surface area contributed by atoms with Gasteiger partial charge in [-0.3, -0.25) is 4.79 Å². The Hall–Kier alpha value is -3.10. The Morgan fingerprint density at radius 1 is 1.07 bits per heavy atom. The molecule has 5 aromatic rings. The summed E-state index contributed by atoms with van der Waals surface area (Å²) in [6, 6.07) is 15.3. The van der Waals surface area contributed by atoms with Gasteiger partial charge < -0.3 is 5.32 Å². The number of carbonyl (C=O) groups excluding carboxylic acids is 1. The van der Waals surface area contributed by atoms with E-state index in [0.29, 0.717) is 11.4 Å². The molecule has 0 saturated carbocycles. The van der Waals surface area contributed by atoms with Gasteiger partial charge in [-0.15, -0.1) is 11.3 Å². The molecule has 0 atom stereocenters. The van der Waals surface area contributed by atoms with Crippen molar-refractivity contribution in [2.24, 2.45) is 0 Å². The van der Waals surface area contributed by atoms with Crippen LogP contribution >= 0.6 is 22.7 Å². The van der Waals surface area contributed by atoms with Gasteiger partial charge in [-0.25, -0.2) is 9.97 Å². The Morgan fingerprint density at radius 3 is 2.85 bits per heavy atom. The molecule has 0 spiro atoms. The average molecular weight is 391 g/mol. The second-order valence-electron chi connectivity index (χ2n) is 6.04. The lowest BCUT2D eigenvalue weighted by atomic mass is 10.2. The molecule has 5 rings (SSSR count). The molecule has 0 aliphatic carbocycles. The SMILES string of the molecule is Cc1cc(NC(=O)c2ccc3ncsc3c2)n(-c2nc3ccccc3s2)n1. The molecule has 3 aromatic heterocycles. The fraction of sp³-hybridized carbons (Fsp3) is 0.0526. The largest absolute Gasteiger partial charge is 0.306 e.